The molecule has 1 aromatic rings. The van der Waals surface area contributed by atoms with Crippen LogP contribution in [0.4, 0.5) is 0 Å². The lowest BCUT2D eigenvalue weighted by Crippen LogP contribution is -2.35. The second-order valence-electron chi connectivity index (χ2n) is 8.06. The zero-order valence-corrected chi connectivity index (χ0v) is 19.9. The van der Waals surface area contributed by atoms with Crippen LogP contribution in [0.25, 0.3) is 5.03 Å². The van der Waals surface area contributed by atoms with Crippen molar-refractivity contribution in [2.24, 2.45) is 5.92 Å². The van der Waals surface area contributed by atoms with Gasteiger partial charge in [-0.15, -0.1) is 0 Å². The van der Waals surface area contributed by atoms with Gasteiger partial charge in [0.15, 0.2) is 0 Å². The largest absolute Gasteiger partial charge is 0.466 e. The third kappa shape index (κ3) is 5.60. The average molecular weight is 470 g/mol. The number of aryl methyl sites for hydroxylation is 1. The van der Waals surface area contributed by atoms with Gasteiger partial charge in [0, 0.05) is 17.3 Å². The molecule has 0 saturated heterocycles. The molecule has 0 amide bonds. The molecule has 0 aliphatic carbocycles. The fourth-order valence-corrected chi connectivity index (χ4v) is 3.90. The van der Waals surface area contributed by atoms with Gasteiger partial charge in [-0.2, -0.15) is 0 Å². The number of methoxy groups -OCH3 is 1. The van der Waals surface area contributed by atoms with Gasteiger partial charge in [0.2, 0.25) is 0 Å². The summed E-state index contributed by atoms with van der Waals surface area (Å²) in [6.45, 7) is 10.1. The highest BCUT2D eigenvalue weighted by molar-refractivity contribution is 6.50. The fourth-order valence-electron chi connectivity index (χ4n) is 3.21. The highest BCUT2D eigenvalue weighted by Crippen LogP contribution is 2.36. The molecule has 2 heterocycles. The van der Waals surface area contributed by atoms with E-state index in [2.05, 4.69) is 5.32 Å². The summed E-state index contributed by atoms with van der Waals surface area (Å²) >= 11 is 12.7. The van der Waals surface area contributed by atoms with E-state index in [0.29, 0.717) is 17.2 Å². The molecule has 9 heteroatoms. The third-order valence-electron chi connectivity index (χ3n) is 4.41. The predicted molar refractivity (Wildman–Crippen MR) is 118 cm³/mol. The van der Waals surface area contributed by atoms with Gasteiger partial charge < -0.3 is 19.2 Å². The van der Waals surface area contributed by atoms with Crippen molar-refractivity contribution in [1.82, 2.24) is 5.32 Å². The van der Waals surface area contributed by atoms with Crippen LogP contribution >= 0.6 is 23.2 Å². The quantitative estimate of drug-likeness (QED) is 0.649. The Balaban J connectivity index is 2.72. The standard InChI is InChI=1S/C22H25Cl2NO6/c1-10-8-14(23)18(20(27)30-10)15(24)9-13-16(19(26)29-7)11(2)25-12(3)17(13)21(28)31-22(4,5)6/h8-9,13,25H,1-7H3/b15-9-. The van der Waals surface area contributed by atoms with Crippen molar-refractivity contribution in [2.45, 2.75) is 47.1 Å². The van der Waals surface area contributed by atoms with E-state index in [4.69, 9.17) is 37.1 Å². The first kappa shape index (κ1) is 24.8. The molecule has 1 N–H and O–H groups in total. The minimum absolute atomic E-state index is 0.0736. The Morgan fingerprint density at radius 3 is 2.16 bits per heavy atom. The summed E-state index contributed by atoms with van der Waals surface area (Å²) in [5, 5.41) is 3.02. The molecular weight excluding hydrogens is 445 g/mol. The van der Waals surface area contributed by atoms with Crippen LogP contribution in [0.1, 0.15) is 45.9 Å². The van der Waals surface area contributed by atoms with Crippen LogP contribution in [0.15, 0.2) is 43.9 Å². The van der Waals surface area contributed by atoms with Gasteiger partial charge in [-0.05, 0) is 47.6 Å². The SMILES string of the molecule is COC(=O)C1=C(C)NC(C)=C(C(=O)OC(C)(C)C)C1/C=C(\Cl)c1c(Cl)cc(C)oc1=O. The Bertz CT molecular complexity index is 1070. The highest BCUT2D eigenvalue weighted by atomic mass is 35.5. The molecule has 2 rings (SSSR count). The molecular formula is C22H25Cl2NO6. The van der Waals surface area contributed by atoms with Gasteiger partial charge in [0.1, 0.15) is 11.4 Å². The molecule has 1 aliphatic rings. The average Bonchev–Trinajstić information content (AvgIpc) is 2.58. The second-order valence-corrected chi connectivity index (χ2v) is 8.87. The van der Waals surface area contributed by atoms with Gasteiger partial charge in [0.05, 0.1) is 33.9 Å². The number of ether oxygens (including phenoxy) is 2. The van der Waals surface area contributed by atoms with Gasteiger partial charge in [0.25, 0.3) is 0 Å². The van der Waals surface area contributed by atoms with Crippen molar-refractivity contribution in [3.63, 3.8) is 0 Å². The topological polar surface area (TPSA) is 94.8 Å². The van der Waals surface area contributed by atoms with Gasteiger partial charge in [-0.3, -0.25) is 0 Å². The van der Waals surface area contributed by atoms with Crippen LogP contribution in [-0.4, -0.2) is 24.6 Å². The Kier molecular flexibility index (Phi) is 7.44. The monoisotopic (exact) mass is 469 g/mol. The summed E-state index contributed by atoms with van der Waals surface area (Å²) in [5.41, 5.74) is -0.315. The Morgan fingerprint density at radius 1 is 1.13 bits per heavy atom. The van der Waals surface area contributed by atoms with E-state index in [9.17, 15) is 14.4 Å². The summed E-state index contributed by atoms with van der Waals surface area (Å²) < 4.78 is 15.5. The number of halogens is 2. The van der Waals surface area contributed by atoms with Crippen LogP contribution in [-0.2, 0) is 19.1 Å². The minimum Gasteiger partial charge on any atom is -0.466 e. The molecule has 168 valence electrons. The van der Waals surface area contributed by atoms with Crippen molar-refractivity contribution in [1.29, 1.82) is 0 Å². The maximum absolute atomic E-state index is 13.0. The highest BCUT2D eigenvalue weighted by Gasteiger charge is 2.37. The van der Waals surface area contributed by atoms with Crippen LogP contribution in [0.3, 0.4) is 0 Å². The Hall–Kier alpha value is -2.51. The van der Waals surface area contributed by atoms with Crippen molar-refractivity contribution >= 4 is 40.2 Å². The Morgan fingerprint density at radius 2 is 1.68 bits per heavy atom. The first-order valence-electron chi connectivity index (χ1n) is 9.45. The number of nitrogens with one attached hydrogen (secondary N) is 1. The van der Waals surface area contributed by atoms with Crippen molar-refractivity contribution in [2.75, 3.05) is 7.11 Å². The normalized spacial score (nSPS) is 17.5. The molecule has 0 fully saturated rings. The number of dihydropyridines is 1. The number of hydrogen-bond donors (Lipinski definition) is 1. The third-order valence-corrected chi connectivity index (χ3v) is 5.02. The number of carbonyl (C=O) groups excluding carboxylic acids is 2. The van der Waals surface area contributed by atoms with E-state index in [-0.39, 0.29) is 26.8 Å². The number of esters is 2. The maximum Gasteiger partial charge on any atom is 0.346 e. The molecule has 31 heavy (non-hydrogen) atoms. The molecule has 1 atom stereocenters. The maximum atomic E-state index is 13.0. The number of rotatable bonds is 4. The lowest BCUT2D eigenvalue weighted by Gasteiger charge is -2.30. The van der Waals surface area contributed by atoms with Crippen LogP contribution in [0.5, 0.6) is 0 Å². The molecule has 1 unspecified atom stereocenters. The lowest BCUT2D eigenvalue weighted by molar-refractivity contribution is -0.150. The van der Waals surface area contributed by atoms with E-state index in [0.717, 1.165) is 0 Å². The molecule has 0 spiro atoms. The molecule has 0 saturated carbocycles. The van der Waals surface area contributed by atoms with Gasteiger partial charge in [-0.1, -0.05) is 29.3 Å². The number of allylic oxidation sites excluding steroid dienone is 3. The van der Waals surface area contributed by atoms with E-state index < -0.39 is 29.1 Å². The molecule has 0 bridgehead atoms. The van der Waals surface area contributed by atoms with Crippen molar-refractivity contribution in [3.05, 3.63) is 61.4 Å². The molecule has 1 aromatic heterocycles. The first-order valence-corrected chi connectivity index (χ1v) is 10.2. The van der Waals surface area contributed by atoms with Gasteiger partial charge in [-0.25, -0.2) is 14.4 Å². The summed E-state index contributed by atoms with van der Waals surface area (Å²) in [6.07, 6.45) is 1.40. The molecule has 7 nitrogen and oxygen atoms in total. The van der Waals surface area contributed by atoms with Crippen molar-refractivity contribution < 1.29 is 23.5 Å². The van der Waals surface area contributed by atoms with Crippen molar-refractivity contribution in [3.8, 4) is 0 Å². The summed E-state index contributed by atoms with van der Waals surface area (Å²) in [7, 11) is 1.23. The van der Waals surface area contributed by atoms with E-state index in [1.54, 1.807) is 41.5 Å². The lowest BCUT2D eigenvalue weighted by atomic mass is 9.84. The molecule has 0 aromatic carbocycles. The predicted octanol–water partition coefficient (Wildman–Crippen LogP) is 4.46. The van der Waals surface area contributed by atoms with E-state index >= 15 is 0 Å². The smallest absolute Gasteiger partial charge is 0.346 e. The van der Waals surface area contributed by atoms with Crippen LogP contribution in [0, 0.1) is 12.8 Å². The van der Waals surface area contributed by atoms with E-state index in [1.807, 2.05) is 0 Å². The second kappa shape index (κ2) is 9.32. The van der Waals surface area contributed by atoms with Crippen LogP contribution < -0.4 is 10.9 Å². The minimum atomic E-state index is -0.951. The first-order chi connectivity index (χ1) is 14.3. The zero-order chi connectivity index (χ0) is 23.7. The summed E-state index contributed by atoms with van der Waals surface area (Å²) in [6, 6.07) is 1.45. The number of carbonyl (C=O) groups is 2. The van der Waals surface area contributed by atoms with Crippen LogP contribution in [0.2, 0.25) is 5.02 Å². The molecule has 0 radical (unpaired) electrons. The van der Waals surface area contributed by atoms with E-state index in [1.165, 1.54) is 19.3 Å². The number of hydrogen-bond acceptors (Lipinski definition) is 7. The fraction of sp³-hybridized carbons (Fsp3) is 0.409. The zero-order valence-electron chi connectivity index (χ0n) is 18.4. The summed E-state index contributed by atoms with van der Waals surface area (Å²) in [4.78, 5) is 37.9. The Labute approximate surface area is 190 Å². The molecule has 1 aliphatic heterocycles. The van der Waals surface area contributed by atoms with Gasteiger partial charge >= 0.3 is 17.6 Å². The summed E-state index contributed by atoms with van der Waals surface area (Å²) in [5.74, 6) is -1.93.